The molecule has 3 heterocycles. The monoisotopic (exact) mass is 309 g/mol. The second kappa shape index (κ2) is 5.88. The van der Waals surface area contributed by atoms with E-state index in [-0.39, 0.29) is 0 Å². The van der Waals surface area contributed by atoms with E-state index in [0.29, 0.717) is 6.54 Å². The number of likely N-dealkylation sites (N-methyl/N-ethyl adjacent to an activating group) is 2. The summed E-state index contributed by atoms with van der Waals surface area (Å²) in [5.74, 6) is 4.24. The van der Waals surface area contributed by atoms with Crippen LogP contribution in [0.4, 0.5) is 4.39 Å². The number of hydrogen-bond donors (Lipinski definition) is 3. The lowest BCUT2D eigenvalue weighted by atomic mass is 10.1. The van der Waals surface area contributed by atoms with Crippen molar-refractivity contribution < 1.29 is 4.39 Å². The smallest absolute Gasteiger partial charge is 0.256 e. The molecule has 0 bridgehead atoms. The highest BCUT2D eigenvalue weighted by Gasteiger charge is 2.34. The number of nitrogens with one attached hydrogen (secondary N) is 2. The van der Waals surface area contributed by atoms with Crippen molar-refractivity contribution in [1.29, 1.82) is 0 Å². The van der Waals surface area contributed by atoms with Crippen LogP contribution in [-0.2, 0) is 0 Å². The summed E-state index contributed by atoms with van der Waals surface area (Å²) in [5, 5.41) is 8.86. The van der Waals surface area contributed by atoms with E-state index in [1.807, 2.05) is 17.3 Å². The van der Waals surface area contributed by atoms with Gasteiger partial charge in [-0.15, -0.1) is 0 Å². The summed E-state index contributed by atoms with van der Waals surface area (Å²) >= 11 is 0. The molecule has 0 aromatic heterocycles. The van der Waals surface area contributed by atoms with Crippen LogP contribution in [0.3, 0.4) is 0 Å². The topological polar surface area (TPSA) is 63.0 Å². The predicted octanol–water partition coefficient (Wildman–Crippen LogP) is -0.675. The van der Waals surface area contributed by atoms with Gasteiger partial charge in [0, 0.05) is 44.7 Å². The van der Waals surface area contributed by atoms with Gasteiger partial charge in [0.05, 0.1) is 17.9 Å². The van der Waals surface area contributed by atoms with Gasteiger partial charge in [-0.1, -0.05) is 0 Å². The molecule has 0 radical (unpaired) electrons. The minimum absolute atomic E-state index is 0.639. The van der Waals surface area contributed by atoms with Crippen molar-refractivity contribution in [1.82, 2.24) is 30.6 Å². The first kappa shape index (κ1) is 15.3. The van der Waals surface area contributed by atoms with Crippen molar-refractivity contribution in [3.05, 3.63) is 35.9 Å². The van der Waals surface area contributed by atoms with Gasteiger partial charge in [-0.05, 0) is 20.2 Å². The lowest BCUT2D eigenvalue weighted by Crippen LogP contribution is -2.54. The van der Waals surface area contributed by atoms with Gasteiger partial charge < -0.3 is 15.1 Å². The standard InChI is InChI=1S/C14H24FN7/c1-17-14(15)10-12(20-8-6-19(2)7-9-20)13(11-18-14)21-4-3-5-22(21)16/h3-4,10-11,17-18H,5-9,16H2,1-2H3. The molecular weight excluding hydrogens is 285 g/mol. The molecule has 0 aromatic rings. The Morgan fingerprint density at radius 3 is 2.59 bits per heavy atom. The van der Waals surface area contributed by atoms with Crippen LogP contribution >= 0.6 is 0 Å². The number of nitrogens with two attached hydrogens (primary N) is 1. The Bertz CT molecular complexity index is 509. The summed E-state index contributed by atoms with van der Waals surface area (Å²) in [4.78, 5) is 4.48. The molecule has 0 aliphatic carbocycles. The van der Waals surface area contributed by atoms with Gasteiger partial charge >= 0.3 is 0 Å². The van der Waals surface area contributed by atoms with Crippen molar-refractivity contribution in [2.75, 3.05) is 46.8 Å². The van der Waals surface area contributed by atoms with E-state index in [2.05, 4.69) is 27.5 Å². The largest absolute Gasteiger partial charge is 0.367 e. The highest BCUT2D eigenvalue weighted by Crippen LogP contribution is 2.29. The van der Waals surface area contributed by atoms with Crippen molar-refractivity contribution >= 4 is 0 Å². The fourth-order valence-electron chi connectivity index (χ4n) is 2.83. The Morgan fingerprint density at radius 1 is 1.27 bits per heavy atom. The van der Waals surface area contributed by atoms with Crippen LogP contribution in [0.5, 0.6) is 0 Å². The number of rotatable bonds is 3. The molecule has 0 spiro atoms. The maximum Gasteiger partial charge on any atom is 0.256 e. The van der Waals surface area contributed by atoms with Crippen LogP contribution in [0.2, 0.25) is 0 Å². The second-order valence-corrected chi connectivity index (χ2v) is 5.81. The van der Waals surface area contributed by atoms with Crippen LogP contribution in [0.25, 0.3) is 0 Å². The minimum Gasteiger partial charge on any atom is -0.367 e. The molecule has 7 nitrogen and oxygen atoms in total. The van der Waals surface area contributed by atoms with Crippen molar-refractivity contribution in [2.45, 2.75) is 5.92 Å². The Kier molecular flexibility index (Phi) is 4.09. The van der Waals surface area contributed by atoms with Crippen LogP contribution in [0.15, 0.2) is 35.9 Å². The van der Waals surface area contributed by atoms with Gasteiger partial charge in [0.15, 0.2) is 0 Å². The number of nitrogens with zero attached hydrogens (tertiary/aromatic N) is 4. The molecule has 1 fully saturated rings. The third-order valence-corrected chi connectivity index (χ3v) is 4.29. The molecule has 3 aliphatic rings. The summed E-state index contributed by atoms with van der Waals surface area (Å²) in [6, 6.07) is 0. The maximum atomic E-state index is 14.7. The summed E-state index contributed by atoms with van der Waals surface area (Å²) in [6.07, 6.45) is 7.15. The van der Waals surface area contributed by atoms with E-state index < -0.39 is 5.92 Å². The molecule has 4 N–H and O–H groups in total. The summed E-state index contributed by atoms with van der Waals surface area (Å²) in [6.45, 7) is 4.28. The molecule has 1 unspecified atom stereocenters. The van der Waals surface area contributed by atoms with Gasteiger partial charge in [-0.2, -0.15) is 9.51 Å². The highest BCUT2D eigenvalue weighted by atomic mass is 19.1. The molecule has 0 aromatic carbocycles. The lowest BCUT2D eigenvalue weighted by Gasteiger charge is -2.41. The molecule has 22 heavy (non-hydrogen) atoms. The third-order valence-electron chi connectivity index (χ3n) is 4.29. The van der Waals surface area contributed by atoms with Crippen LogP contribution < -0.4 is 16.5 Å². The number of hydrazine groups is 2. The normalized spacial score (nSPS) is 30.4. The maximum absolute atomic E-state index is 14.7. The summed E-state index contributed by atoms with van der Waals surface area (Å²) in [7, 11) is 3.69. The number of hydrogen-bond acceptors (Lipinski definition) is 7. The number of piperazine rings is 1. The Balaban J connectivity index is 1.88. The summed E-state index contributed by atoms with van der Waals surface area (Å²) < 4.78 is 14.7. The second-order valence-electron chi connectivity index (χ2n) is 5.81. The van der Waals surface area contributed by atoms with Crippen LogP contribution in [-0.4, -0.2) is 72.7 Å². The molecule has 1 atom stereocenters. The first-order valence-electron chi connectivity index (χ1n) is 7.53. The predicted molar refractivity (Wildman–Crippen MR) is 83.1 cm³/mol. The van der Waals surface area contributed by atoms with Crippen LogP contribution in [0.1, 0.15) is 0 Å². The Morgan fingerprint density at radius 2 is 2.00 bits per heavy atom. The van der Waals surface area contributed by atoms with E-state index >= 15 is 0 Å². The van der Waals surface area contributed by atoms with Gasteiger partial charge in [0.25, 0.3) is 5.92 Å². The average molecular weight is 309 g/mol. The summed E-state index contributed by atoms with van der Waals surface area (Å²) in [5.41, 5.74) is 1.70. The lowest BCUT2D eigenvalue weighted by molar-refractivity contribution is 0.0737. The fraction of sp³-hybridized carbons (Fsp3) is 0.571. The van der Waals surface area contributed by atoms with E-state index in [4.69, 9.17) is 5.84 Å². The first-order chi connectivity index (χ1) is 10.5. The van der Waals surface area contributed by atoms with Gasteiger partial charge in [0.1, 0.15) is 0 Å². The fourth-order valence-corrected chi connectivity index (χ4v) is 2.83. The van der Waals surface area contributed by atoms with E-state index in [1.165, 1.54) is 0 Å². The van der Waals surface area contributed by atoms with Crippen LogP contribution in [0, 0.1) is 0 Å². The first-order valence-corrected chi connectivity index (χ1v) is 7.53. The van der Waals surface area contributed by atoms with E-state index in [9.17, 15) is 4.39 Å². The molecule has 0 saturated carbocycles. The zero-order valence-electron chi connectivity index (χ0n) is 13.1. The third kappa shape index (κ3) is 2.82. The molecule has 3 aliphatic heterocycles. The molecular formula is C14H24FN7. The SMILES string of the molecule is CNC1(F)C=C(N2CCN(C)CC2)C(N2C=CCN2N)=CN1. The zero-order valence-corrected chi connectivity index (χ0v) is 13.1. The van der Waals surface area contributed by atoms with E-state index in [1.54, 1.807) is 24.4 Å². The number of alkyl halides is 1. The van der Waals surface area contributed by atoms with Crippen molar-refractivity contribution in [3.8, 4) is 0 Å². The Labute approximate surface area is 130 Å². The number of dihydropyridines is 1. The zero-order chi connectivity index (χ0) is 15.7. The van der Waals surface area contributed by atoms with Gasteiger partial charge in [-0.25, -0.2) is 5.84 Å². The van der Waals surface area contributed by atoms with Crippen molar-refractivity contribution in [2.24, 2.45) is 5.84 Å². The quantitative estimate of drug-likeness (QED) is 0.472. The molecule has 8 heteroatoms. The van der Waals surface area contributed by atoms with E-state index in [0.717, 1.165) is 37.6 Å². The van der Waals surface area contributed by atoms with Gasteiger partial charge in [0.2, 0.25) is 0 Å². The highest BCUT2D eigenvalue weighted by molar-refractivity contribution is 5.36. The molecule has 122 valence electrons. The molecule has 0 amide bonds. The average Bonchev–Trinajstić information content (AvgIpc) is 2.94. The minimum atomic E-state index is -1.74. The molecule has 1 saturated heterocycles. The number of halogens is 1. The van der Waals surface area contributed by atoms with Gasteiger partial charge in [-0.3, -0.25) is 10.3 Å². The Hall–Kier alpha value is -1.61. The van der Waals surface area contributed by atoms with Crippen molar-refractivity contribution in [3.63, 3.8) is 0 Å². The molecule has 3 rings (SSSR count).